The van der Waals surface area contributed by atoms with Crippen LogP contribution in [0.2, 0.25) is 0 Å². The lowest BCUT2D eigenvalue weighted by Gasteiger charge is -2.43. The van der Waals surface area contributed by atoms with Crippen LogP contribution in [-0.2, 0) is 20.2 Å². The van der Waals surface area contributed by atoms with Gasteiger partial charge in [-0.05, 0) is 23.7 Å². The Labute approximate surface area is 128 Å². The van der Waals surface area contributed by atoms with Crippen molar-refractivity contribution in [3.63, 3.8) is 0 Å². The lowest BCUT2D eigenvalue weighted by Crippen LogP contribution is -2.59. The third-order valence-corrected chi connectivity index (χ3v) is 8.42. The largest absolute Gasteiger partial charge is 0.288 e. The standard InChI is InChI=1S/C13H28O6S2/c1-7-11(9(3)4)13(20(14,15)16,21(17,18)19)12(8-2)10(5)6/h9-12H,7-8H2,1-6H3,(H,14,15,16)(H,17,18,19). The topological polar surface area (TPSA) is 109 Å². The van der Waals surface area contributed by atoms with E-state index in [-0.39, 0.29) is 24.7 Å². The minimum absolute atomic E-state index is 0.209. The Kier molecular flexibility index (Phi) is 6.87. The van der Waals surface area contributed by atoms with Gasteiger partial charge in [-0.25, -0.2) is 0 Å². The monoisotopic (exact) mass is 344 g/mol. The van der Waals surface area contributed by atoms with Gasteiger partial charge in [-0.15, -0.1) is 0 Å². The van der Waals surface area contributed by atoms with Crippen molar-refractivity contribution in [2.75, 3.05) is 0 Å². The molecule has 128 valence electrons. The van der Waals surface area contributed by atoms with Gasteiger partial charge < -0.3 is 0 Å². The fraction of sp³-hybridized carbons (Fsp3) is 1.00. The number of rotatable bonds is 8. The molecule has 0 spiro atoms. The van der Waals surface area contributed by atoms with Crippen LogP contribution in [0.1, 0.15) is 54.4 Å². The first kappa shape index (κ1) is 20.8. The first-order chi connectivity index (χ1) is 9.28. The molecule has 0 fully saturated rings. The van der Waals surface area contributed by atoms with Gasteiger partial charge in [-0.2, -0.15) is 16.8 Å². The van der Waals surface area contributed by atoms with E-state index in [2.05, 4.69) is 0 Å². The highest BCUT2D eigenvalue weighted by Crippen LogP contribution is 2.48. The van der Waals surface area contributed by atoms with E-state index < -0.39 is 36.2 Å². The molecule has 0 saturated carbocycles. The Morgan fingerprint density at radius 3 is 1.10 bits per heavy atom. The Morgan fingerprint density at radius 2 is 1.00 bits per heavy atom. The Balaban J connectivity index is 6.86. The Hall–Kier alpha value is -0.180. The summed E-state index contributed by atoms with van der Waals surface area (Å²) in [5.74, 6) is -2.50. The lowest BCUT2D eigenvalue weighted by molar-refractivity contribution is 0.191. The van der Waals surface area contributed by atoms with Crippen LogP contribution in [-0.4, -0.2) is 30.0 Å². The highest BCUT2D eigenvalue weighted by atomic mass is 32.3. The summed E-state index contributed by atoms with van der Waals surface area (Å²) in [7, 11) is -10.1. The van der Waals surface area contributed by atoms with E-state index in [1.807, 2.05) is 0 Å². The lowest BCUT2D eigenvalue weighted by atomic mass is 9.78. The molecule has 21 heavy (non-hydrogen) atoms. The van der Waals surface area contributed by atoms with Crippen LogP contribution in [0.3, 0.4) is 0 Å². The molecule has 2 N–H and O–H groups in total. The minimum Gasteiger partial charge on any atom is -0.284 e. The summed E-state index contributed by atoms with van der Waals surface area (Å²) in [4.78, 5) is 0. The zero-order valence-corrected chi connectivity index (χ0v) is 15.2. The van der Waals surface area contributed by atoms with Crippen molar-refractivity contribution in [2.24, 2.45) is 23.7 Å². The predicted molar refractivity (Wildman–Crippen MR) is 83.1 cm³/mol. The van der Waals surface area contributed by atoms with Gasteiger partial charge >= 0.3 is 0 Å². The van der Waals surface area contributed by atoms with Crippen molar-refractivity contribution in [2.45, 2.75) is 58.5 Å². The van der Waals surface area contributed by atoms with Gasteiger partial charge in [0, 0.05) is 0 Å². The van der Waals surface area contributed by atoms with Gasteiger partial charge in [-0.3, -0.25) is 9.11 Å². The number of hydrogen-bond acceptors (Lipinski definition) is 4. The van der Waals surface area contributed by atoms with Gasteiger partial charge in [0.25, 0.3) is 20.2 Å². The van der Waals surface area contributed by atoms with E-state index in [1.54, 1.807) is 41.5 Å². The third kappa shape index (κ3) is 3.60. The summed E-state index contributed by atoms with van der Waals surface area (Å²) in [6, 6.07) is 0. The van der Waals surface area contributed by atoms with Crippen LogP contribution in [0.15, 0.2) is 0 Å². The third-order valence-electron chi connectivity index (χ3n) is 4.33. The molecule has 0 bridgehead atoms. The fourth-order valence-electron chi connectivity index (χ4n) is 3.61. The summed E-state index contributed by atoms with van der Waals surface area (Å²) >= 11 is 0. The van der Waals surface area contributed by atoms with Gasteiger partial charge in [0.05, 0.1) is 0 Å². The molecule has 2 atom stereocenters. The molecule has 0 aromatic carbocycles. The van der Waals surface area contributed by atoms with E-state index in [1.165, 1.54) is 0 Å². The SMILES string of the molecule is CCC(C(C)C)C(C(CC)C(C)C)(S(=O)(=O)O)S(=O)(=O)O. The van der Waals surface area contributed by atoms with Crippen molar-refractivity contribution in [3.8, 4) is 0 Å². The van der Waals surface area contributed by atoms with E-state index in [9.17, 15) is 25.9 Å². The molecule has 8 heteroatoms. The summed E-state index contributed by atoms with van der Waals surface area (Å²) in [6.07, 6.45) is 0.418. The fourth-order valence-corrected chi connectivity index (χ4v) is 7.96. The summed E-state index contributed by atoms with van der Waals surface area (Å²) in [5, 5.41) is 0. The van der Waals surface area contributed by atoms with Crippen molar-refractivity contribution in [3.05, 3.63) is 0 Å². The van der Waals surface area contributed by atoms with Crippen molar-refractivity contribution in [1.29, 1.82) is 0 Å². The quantitative estimate of drug-likeness (QED) is 0.655. The molecule has 0 aliphatic heterocycles. The highest BCUT2D eigenvalue weighted by Gasteiger charge is 2.64. The van der Waals surface area contributed by atoms with Gasteiger partial charge in [0.1, 0.15) is 0 Å². The average molecular weight is 344 g/mol. The van der Waals surface area contributed by atoms with E-state index in [0.29, 0.717) is 0 Å². The smallest absolute Gasteiger partial charge is 0.284 e. The Morgan fingerprint density at radius 1 is 0.762 bits per heavy atom. The summed E-state index contributed by atoms with van der Waals surface area (Å²) in [6.45, 7) is 10.1. The van der Waals surface area contributed by atoms with Crippen LogP contribution in [0.25, 0.3) is 0 Å². The van der Waals surface area contributed by atoms with Gasteiger partial charge in [-0.1, -0.05) is 54.4 Å². The molecule has 0 heterocycles. The molecule has 0 aliphatic rings. The molecular weight excluding hydrogens is 316 g/mol. The molecule has 0 rings (SSSR count). The molecular formula is C13H28O6S2. The second-order valence-electron chi connectivity index (χ2n) is 6.19. The predicted octanol–water partition coefficient (Wildman–Crippen LogP) is 2.82. The minimum atomic E-state index is -5.03. The van der Waals surface area contributed by atoms with Crippen LogP contribution >= 0.6 is 0 Å². The molecule has 0 aromatic heterocycles. The van der Waals surface area contributed by atoms with Crippen LogP contribution < -0.4 is 0 Å². The van der Waals surface area contributed by atoms with E-state index >= 15 is 0 Å². The summed E-state index contributed by atoms with van der Waals surface area (Å²) < 4.78 is 65.5. The zero-order valence-electron chi connectivity index (χ0n) is 13.6. The van der Waals surface area contributed by atoms with E-state index in [4.69, 9.17) is 0 Å². The second kappa shape index (κ2) is 6.93. The second-order valence-corrected chi connectivity index (χ2v) is 9.70. The maximum absolute atomic E-state index is 12.1. The Bertz CT molecular complexity index is 483. The normalized spacial score (nSPS) is 17.2. The molecule has 0 aliphatic carbocycles. The van der Waals surface area contributed by atoms with Gasteiger partial charge in [0.15, 0.2) is 0 Å². The van der Waals surface area contributed by atoms with Crippen molar-refractivity contribution < 1.29 is 25.9 Å². The highest BCUT2D eigenvalue weighted by molar-refractivity contribution is 8.05. The molecule has 0 saturated heterocycles. The van der Waals surface area contributed by atoms with Crippen LogP contribution in [0.5, 0.6) is 0 Å². The van der Waals surface area contributed by atoms with Crippen LogP contribution in [0, 0.1) is 23.7 Å². The molecule has 2 unspecified atom stereocenters. The zero-order chi connectivity index (χ0) is 17.2. The van der Waals surface area contributed by atoms with E-state index in [0.717, 1.165) is 0 Å². The average Bonchev–Trinajstić information content (AvgIpc) is 2.24. The first-order valence-corrected chi connectivity index (χ1v) is 10.1. The van der Waals surface area contributed by atoms with Crippen LogP contribution in [0.4, 0.5) is 0 Å². The van der Waals surface area contributed by atoms with Crippen molar-refractivity contribution >= 4 is 20.2 Å². The summed E-state index contributed by atoms with van der Waals surface area (Å²) in [5.41, 5.74) is 0. The maximum Gasteiger partial charge on any atom is 0.288 e. The molecule has 0 aromatic rings. The number of hydrogen-bond donors (Lipinski definition) is 2. The molecule has 0 radical (unpaired) electrons. The van der Waals surface area contributed by atoms with Gasteiger partial charge in [0.2, 0.25) is 4.08 Å². The first-order valence-electron chi connectivity index (χ1n) is 7.22. The van der Waals surface area contributed by atoms with Crippen molar-refractivity contribution in [1.82, 2.24) is 0 Å². The molecule has 0 amide bonds. The molecule has 6 nitrogen and oxygen atoms in total. The maximum atomic E-state index is 12.1.